The fraction of sp³-hybridized carbons (Fsp3) is 0.375. The van der Waals surface area contributed by atoms with Crippen molar-refractivity contribution in [1.29, 1.82) is 0 Å². The van der Waals surface area contributed by atoms with Crippen LogP contribution in [0.2, 0.25) is 0 Å². The van der Waals surface area contributed by atoms with Crippen LogP contribution >= 0.6 is 0 Å². The van der Waals surface area contributed by atoms with E-state index in [1.165, 1.54) is 6.20 Å². The summed E-state index contributed by atoms with van der Waals surface area (Å²) in [6.45, 7) is 3.03. The average molecular weight is 313 g/mol. The molecule has 1 aliphatic heterocycles. The predicted octanol–water partition coefficient (Wildman–Crippen LogP) is 0.300. The van der Waals surface area contributed by atoms with Gasteiger partial charge in [0.25, 0.3) is 5.91 Å². The highest BCUT2D eigenvalue weighted by atomic mass is 16.3. The van der Waals surface area contributed by atoms with Gasteiger partial charge in [-0.05, 0) is 32.0 Å². The highest BCUT2D eigenvalue weighted by Crippen LogP contribution is 2.15. The topological polar surface area (TPSA) is 100 Å². The summed E-state index contributed by atoms with van der Waals surface area (Å²) in [6.07, 6.45) is 5.00. The highest BCUT2D eigenvalue weighted by Gasteiger charge is 2.25. The molecule has 1 fully saturated rings. The molecular formula is C16H19N5O2. The summed E-state index contributed by atoms with van der Waals surface area (Å²) in [5, 5.41) is 15.9. The number of hydrogen-bond donors (Lipinski definition) is 3. The molecule has 120 valence electrons. The molecule has 0 saturated carbocycles. The summed E-state index contributed by atoms with van der Waals surface area (Å²) in [5.41, 5.74) is 1.82. The van der Waals surface area contributed by atoms with Gasteiger partial charge < -0.3 is 15.7 Å². The summed E-state index contributed by atoms with van der Waals surface area (Å²) in [6, 6.07) is 3.43. The van der Waals surface area contributed by atoms with Crippen molar-refractivity contribution in [2.45, 2.75) is 25.5 Å². The first-order valence-corrected chi connectivity index (χ1v) is 7.59. The third kappa shape index (κ3) is 3.52. The van der Waals surface area contributed by atoms with Gasteiger partial charge in [-0.25, -0.2) is 9.97 Å². The molecule has 0 aliphatic carbocycles. The number of aliphatic hydroxyl groups excluding tert-OH is 1. The molecule has 3 N–H and O–H groups in total. The van der Waals surface area contributed by atoms with E-state index >= 15 is 0 Å². The molecule has 1 aliphatic rings. The SMILES string of the molecule is Cc1nc(-c2cccnc2)ncc1C(=O)N[C@@H]1CCNC[C@H]1O. The van der Waals surface area contributed by atoms with E-state index in [0.717, 1.165) is 12.1 Å². The smallest absolute Gasteiger partial charge is 0.255 e. The fourth-order valence-corrected chi connectivity index (χ4v) is 2.58. The van der Waals surface area contributed by atoms with Crippen LogP contribution in [0, 0.1) is 6.92 Å². The van der Waals surface area contributed by atoms with Crippen molar-refractivity contribution in [2.24, 2.45) is 0 Å². The van der Waals surface area contributed by atoms with Gasteiger partial charge in [-0.2, -0.15) is 0 Å². The van der Waals surface area contributed by atoms with Gasteiger partial charge >= 0.3 is 0 Å². The van der Waals surface area contributed by atoms with Crippen LogP contribution in [-0.2, 0) is 0 Å². The third-order valence-electron chi connectivity index (χ3n) is 3.91. The van der Waals surface area contributed by atoms with Crippen molar-refractivity contribution in [3.05, 3.63) is 42.0 Å². The molecule has 1 saturated heterocycles. The standard InChI is InChI=1S/C16H19N5O2/c1-10-12(16(23)21-13-4-6-18-9-14(13)22)8-19-15(20-10)11-3-2-5-17-7-11/h2-3,5,7-8,13-14,18,22H,4,6,9H2,1H3,(H,21,23)/t13-,14-/m1/s1. The minimum atomic E-state index is -0.580. The number of aromatic nitrogens is 3. The molecule has 3 rings (SSSR count). The lowest BCUT2D eigenvalue weighted by atomic mass is 10.0. The molecule has 0 bridgehead atoms. The quantitative estimate of drug-likeness (QED) is 0.753. The van der Waals surface area contributed by atoms with Gasteiger partial charge in [0, 0.05) is 30.7 Å². The van der Waals surface area contributed by atoms with Crippen LogP contribution in [-0.4, -0.2) is 51.2 Å². The second kappa shape index (κ2) is 6.80. The van der Waals surface area contributed by atoms with E-state index in [0.29, 0.717) is 30.0 Å². The fourth-order valence-electron chi connectivity index (χ4n) is 2.58. The van der Waals surface area contributed by atoms with Gasteiger partial charge in [0.15, 0.2) is 5.82 Å². The molecule has 1 amide bonds. The number of rotatable bonds is 3. The van der Waals surface area contributed by atoms with Crippen LogP contribution in [0.1, 0.15) is 22.5 Å². The van der Waals surface area contributed by atoms with Crippen LogP contribution in [0.25, 0.3) is 11.4 Å². The molecule has 0 radical (unpaired) electrons. The Balaban J connectivity index is 1.76. The summed E-state index contributed by atoms with van der Waals surface area (Å²) in [4.78, 5) is 25.1. The first kappa shape index (κ1) is 15.5. The normalized spacial score (nSPS) is 21.0. The lowest BCUT2D eigenvalue weighted by molar-refractivity contribution is 0.0764. The zero-order chi connectivity index (χ0) is 16.2. The maximum atomic E-state index is 12.4. The van der Waals surface area contributed by atoms with Crippen molar-refractivity contribution < 1.29 is 9.90 Å². The first-order chi connectivity index (χ1) is 11.1. The van der Waals surface area contributed by atoms with Crippen LogP contribution in [0.3, 0.4) is 0 Å². The molecule has 0 unspecified atom stereocenters. The average Bonchev–Trinajstić information content (AvgIpc) is 2.57. The Labute approximate surface area is 134 Å². The number of carbonyl (C=O) groups is 1. The number of piperidine rings is 1. The van der Waals surface area contributed by atoms with E-state index in [1.807, 2.05) is 12.1 Å². The lowest BCUT2D eigenvalue weighted by Crippen LogP contribution is -2.52. The Morgan fingerprint density at radius 2 is 2.30 bits per heavy atom. The molecule has 2 aromatic rings. The zero-order valence-electron chi connectivity index (χ0n) is 12.9. The Morgan fingerprint density at radius 3 is 3.00 bits per heavy atom. The number of amides is 1. The zero-order valence-corrected chi connectivity index (χ0v) is 12.9. The number of hydrogen-bond acceptors (Lipinski definition) is 6. The molecule has 7 nitrogen and oxygen atoms in total. The first-order valence-electron chi connectivity index (χ1n) is 7.59. The number of β-amino-alcohol motifs (C(OH)–C–C–N with tert-alkyl or cyclic N) is 1. The highest BCUT2D eigenvalue weighted by molar-refractivity contribution is 5.95. The number of pyridine rings is 1. The van der Waals surface area contributed by atoms with E-state index in [4.69, 9.17) is 0 Å². The number of nitrogens with one attached hydrogen (secondary N) is 2. The monoisotopic (exact) mass is 313 g/mol. The summed E-state index contributed by atoms with van der Waals surface area (Å²) < 4.78 is 0. The van der Waals surface area contributed by atoms with Crippen LogP contribution in [0.4, 0.5) is 0 Å². The minimum Gasteiger partial charge on any atom is -0.390 e. The molecule has 23 heavy (non-hydrogen) atoms. The van der Waals surface area contributed by atoms with Crippen molar-refractivity contribution in [3.8, 4) is 11.4 Å². The maximum absolute atomic E-state index is 12.4. The van der Waals surface area contributed by atoms with Crippen LogP contribution in [0.5, 0.6) is 0 Å². The molecule has 3 heterocycles. The second-order valence-electron chi connectivity index (χ2n) is 5.57. The maximum Gasteiger partial charge on any atom is 0.255 e. The number of aliphatic hydroxyl groups is 1. The van der Waals surface area contributed by atoms with Crippen LogP contribution < -0.4 is 10.6 Å². The molecular weight excluding hydrogens is 294 g/mol. The van der Waals surface area contributed by atoms with Gasteiger partial charge in [0.1, 0.15) is 0 Å². The lowest BCUT2D eigenvalue weighted by Gasteiger charge is -2.29. The van der Waals surface area contributed by atoms with E-state index < -0.39 is 6.10 Å². The van der Waals surface area contributed by atoms with Gasteiger partial charge in [-0.15, -0.1) is 0 Å². The number of nitrogens with zero attached hydrogens (tertiary/aromatic N) is 3. The van der Waals surface area contributed by atoms with E-state index in [-0.39, 0.29) is 11.9 Å². The number of aryl methyl sites for hydroxylation is 1. The van der Waals surface area contributed by atoms with Crippen molar-refractivity contribution in [1.82, 2.24) is 25.6 Å². The molecule has 7 heteroatoms. The second-order valence-corrected chi connectivity index (χ2v) is 5.57. The van der Waals surface area contributed by atoms with Gasteiger partial charge in [0.2, 0.25) is 0 Å². The molecule has 2 atom stereocenters. The molecule has 2 aromatic heterocycles. The van der Waals surface area contributed by atoms with Crippen LogP contribution in [0.15, 0.2) is 30.7 Å². The van der Waals surface area contributed by atoms with Gasteiger partial charge in [-0.1, -0.05) is 0 Å². The third-order valence-corrected chi connectivity index (χ3v) is 3.91. The Morgan fingerprint density at radius 1 is 1.43 bits per heavy atom. The van der Waals surface area contributed by atoms with Crippen molar-refractivity contribution >= 4 is 5.91 Å². The predicted molar refractivity (Wildman–Crippen MR) is 84.7 cm³/mol. The van der Waals surface area contributed by atoms with Gasteiger partial charge in [-0.3, -0.25) is 9.78 Å². The summed E-state index contributed by atoms with van der Waals surface area (Å²) in [5.74, 6) is 0.278. The Hall–Kier alpha value is -2.38. The Bertz CT molecular complexity index is 692. The molecule has 0 aromatic carbocycles. The van der Waals surface area contributed by atoms with Crippen molar-refractivity contribution in [2.75, 3.05) is 13.1 Å². The van der Waals surface area contributed by atoms with E-state index in [1.54, 1.807) is 19.3 Å². The van der Waals surface area contributed by atoms with Crippen molar-refractivity contribution in [3.63, 3.8) is 0 Å². The Kier molecular flexibility index (Phi) is 4.59. The van der Waals surface area contributed by atoms with E-state index in [9.17, 15) is 9.90 Å². The minimum absolute atomic E-state index is 0.249. The van der Waals surface area contributed by atoms with Gasteiger partial charge in [0.05, 0.1) is 23.4 Å². The van der Waals surface area contributed by atoms with E-state index in [2.05, 4.69) is 25.6 Å². The summed E-state index contributed by atoms with van der Waals surface area (Å²) in [7, 11) is 0. The number of carbonyl (C=O) groups excluding carboxylic acids is 1. The largest absolute Gasteiger partial charge is 0.390 e. The molecule has 0 spiro atoms. The summed E-state index contributed by atoms with van der Waals surface area (Å²) >= 11 is 0.